The van der Waals surface area contributed by atoms with Gasteiger partial charge in [0.1, 0.15) is 11.9 Å². The van der Waals surface area contributed by atoms with Crippen molar-refractivity contribution in [3.63, 3.8) is 0 Å². The van der Waals surface area contributed by atoms with Crippen LogP contribution < -0.4 is 4.90 Å². The third-order valence-corrected chi connectivity index (χ3v) is 2.37. The minimum Gasteiger partial charge on any atom is -0.358 e. The lowest BCUT2D eigenvalue weighted by Gasteiger charge is -2.16. The summed E-state index contributed by atoms with van der Waals surface area (Å²) < 4.78 is 0. The van der Waals surface area contributed by atoms with Gasteiger partial charge in [0.05, 0.1) is 12.4 Å². The molecule has 1 aromatic heterocycles. The van der Waals surface area contributed by atoms with Crippen LogP contribution in [-0.2, 0) is 0 Å². The van der Waals surface area contributed by atoms with E-state index in [0.29, 0.717) is 5.69 Å². The first kappa shape index (κ1) is 10.8. The van der Waals surface area contributed by atoms with Crippen LogP contribution in [0.2, 0.25) is 0 Å². The van der Waals surface area contributed by atoms with E-state index >= 15 is 0 Å². The van der Waals surface area contributed by atoms with Gasteiger partial charge in [0.2, 0.25) is 0 Å². The maximum atomic E-state index is 8.54. The van der Waals surface area contributed by atoms with Crippen molar-refractivity contribution in [1.29, 1.82) is 5.26 Å². The van der Waals surface area contributed by atoms with Gasteiger partial charge < -0.3 is 4.90 Å². The van der Waals surface area contributed by atoms with Crippen molar-refractivity contribution < 1.29 is 0 Å². The molecule has 0 radical (unpaired) electrons. The molecule has 0 aromatic carbocycles. The Morgan fingerprint density at radius 3 is 2.79 bits per heavy atom. The lowest BCUT2D eigenvalue weighted by Crippen LogP contribution is -2.21. The minimum atomic E-state index is 0.354. The molecular formula is C9H12N4S. The topological polar surface area (TPSA) is 52.8 Å². The highest BCUT2D eigenvalue weighted by atomic mass is 32.2. The van der Waals surface area contributed by atoms with Crippen molar-refractivity contribution in [3.05, 3.63) is 18.1 Å². The first-order valence-electron chi connectivity index (χ1n) is 4.20. The van der Waals surface area contributed by atoms with Crippen LogP contribution in [0.25, 0.3) is 0 Å². The van der Waals surface area contributed by atoms with Crippen molar-refractivity contribution in [2.24, 2.45) is 0 Å². The van der Waals surface area contributed by atoms with E-state index in [-0.39, 0.29) is 0 Å². The van der Waals surface area contributed by atoms with Crippen molar-refractivity contribution in [3.8, 4) is 6.07 Å². The van der Waals surface area contributed by atoms with Gasteiger partial charge in [-0.1, -0.05) is 0 Å². The van der Waals surface area contributed by atoms with E-state index < -0.39 is 0 Å². The molecule has 0 aliphatic carbocycles. The fourth-order valence-corrected chi connectivity index (χ4v) is 1.38. The van der Waals surface area contributed by atoms with E-state index in [1.54, 1.807) is 18.0 Å². The third kappa shape index (κ3) is 2.89. The first-order valence-corrected chi connectivity index (χ1v) is 5.59. The Hall–Kier alpha value is -1.28. The second kappa shape index (κ2) is 5.45. The Kier molecular flexibility index (Phi) is 4.20. The Morgan fingerprint density at radius 1 is 1.50 bits per heavy atom. The maximum Gasteiger partial charge on any atom is 0.158 e. The summed E-state index contributed by atoms with van der Waals surface area (Å²) in [6, 6.07) is 1.94. The Morgan fingerprint density at radius 2 is 2.29 bits per heavy atom. The molecular weight excluding hydrogens is 196 g/mol. The molecule has 4 nitrogen and oxygen atoms in total. The predicted octanol–water partition coefficient (Wildman–Crippen LogP) is 1.15. The summed E-state index contributed by atoms with van der Waals surface area (Å²) in [4.78, 5) is 10.1. The normalized spacial score (nSPS) is 9.50. The zero-order valence-electron chi connectivity index (χ0n) is 8.27. The first-order chi connectivity index (χ1) is 6.77. The van der Waals surface area contributed by atoms with Crippen LogP contribution in [0, 0.1) is 11.3 Å². The van der Waals surface area contributed by atoms with Gasteiger partial charge in [-0.2, -0.15) is 17.0 Å². The monoisotopic (exact) mass is 208 g/mol. The lowest BCUT2D eigenvalue weighted by atomic mass is 10.5. The molecule has 0 atom stereocenters. The summed E-state index contributed by atoms with van der Waals surface area (Å²) in [5.74, 6) is 1.86. The van der Waals surface area contributed by atoms with Crippen molar-refractivity contribution in [2.45, 2.75) is 0 Å². The van der Waals surface area contributed by atoms with Crippen molar-refractivity contribution >= 4 is 17.6 Å². The predicted molar refractivity (Wildman–Crippen MR) is 58.4 cm³/mol. The molecule has 0 fully saturated rings. The number of aromatic nitrogens is 2. The van der Waals surface area contributed by atoms with Gasteiger partial charge in [-0.25, -0.2) is 9.97 Å². The highest BCUT2D eigenvalue weighted by Crippen LogP contribution is 2.06. The molecule has 1 heterocycles. The Balaban J connectivity index is 2.63. The Bertz CT molecular complexity index is 317. The Labute approximate surface area is 88.0 Å². The fraction of sp³-hybridized carbons (Fsp3) is 0.444. The summed E-state index contributed by atoms with van der Waals surface area (Å²) in [6.45, 7) is 0.932. The maximum absolute atomic E-state index is 8.54. The second-order valence-corrected chi connectivity index (χ2v) is 3.77. The smallest absolute Gasteiger partial charge is 0.158 e. The van der Waals surface area contributed by atoms with Gasteiger partial charge >= 0.3 is 0 Å². The second-order valence-electron chi connectivity index (χ2n) is 2.79. The molecule has 0 saturated heterocycles. The van der Waals surface area contributed by atoms with Crippen molar-refractivity contribution in [1.82, 2.24) is 9.97 Å². The quantitative estimate of drug-likeness (QED) is 0.743. The number of thioether (sulfide) groups is 1. The fourth-order valence-electron chi connectivity index (χ4n) is 0.919. The molecule has 1 rings (SSSR count). The van der Waals surface area contributed by atoms with E-state index in [2.05, 4.69) is 16.2 Å². The van der Waals surface area contributed by atoms with E-state index in [1.807, 2.05) is 18.0 Å². The summed E-state index contributed by atoms with van der Waals surface area (Å²) in [5.41, 5.74) is 0.354. The largest absolute Gasteiger partial charge is 0.358 e. The van der Waals surface area contributed by atoms with Crippen molar-refractivity contribution in [2.75, 3.05) is 30.5 Å². The average Bonchev–Trinajstić information content (AvgIpc) is 2.26. The molecule has 5 heteroatoms. The third-order valence-electron chi connectivity index (χ3n) is 1.77. The van der Waals surface area contributed by atoms with Gasteiger partial charge in [-0.05, 0) is 6.26 Å². The molecule has 0 unspecified atom stereocenters. The highest BCUT2D eigenvalue weighted by molar-refractivity contribution is 7.98. The molecule has 14 heavy (non-hydrogen) atoms. The number of rotatable bonds is 4. The summed E-state index contributed by atoms with van der Waals surface area (Å²) in [5, 5.41) is 8.54. The van der Waals surface area contributed by atoms with E-state index in [4.69, 9.17) is 5.26 Å². The van der Waals surface area contributed by atoms with Gasteiger partial charge in [-0.15, -0.1) is 0 Å². The van der Waals surface area contributed by atoms with Gasteiger partial charge in [0, 0.05) is 19.3 Å². The zero-order chi connectivity index (χ0) is 10.4. The number of nitriles is 1. The summed E-state index contributed by atoms with van der Waals surface area (Å²) in [7, 11) is 1.96. The molecule has 0 spiro atoms. The van der Waals surface area contributed by atoms with Crippen LogP contribution in [0.15, 0.2) is 12.4 Å². The average molecular weight is 208 g/mol. The molecule has 0 aliphatic heterocycles. The van der Waals surface area contributed by atoms with Crippen LogP contribution in [0.1, 0.15) is 5.69 Å². The van der Waals surface area contributed by atoms with Crippen LogP contribution in [0.5, 0.6) is 0 Å². The highest BCUT2D eigenvalue weighted by Gasteiger charge is 2.01. The SMILES string of the molecule is CSCCN(C)c1cnc(C#N)cn1. The van der Waals surface area contributed by atoms with E-state index in [0.717, 1.165) is 18.1 Å². The van der Waals surface area contributed by atoms with Gasteiger partial charge in [0.15, 0.2) is 5.69 Å². The number of nitrogens with zero attached hydrogens (tertiary/aromatic N) is 4. The molecule has 0 N–H and O–H groups in total. The molecule has 0 amide bonds. The summed E-state index contributed by atoms with van der Waals surface area (Å²) >= 11 is 1.79. The molecule has 0 bridgehead atoms. The molecule has 0 aliphatic rings. The lowest BCUT2D eigenvalue weighted by molar-refractivity contribution is 0.933. The van der Waals surface area contributed by atoms with Crippen LogP contribution in [-0.4, -0.2) is 35.6 Å². The standard InChI is InChI=1S/C9H12N4S/c1-13(3-4-14-2)9-7-11-8(5-10)6-12-9/h6-7H,3-4H2,1-2H3. The van der Waals surface area contributed by atoms with E-state index in [9.17, 15) is 0 Å². The minimum absolute atomic E-state index is 0.354. The molecule has 1 aromatic rings. The molecule has 0 saturated carbocycles. The van der Waals surface area contributed by atoms with Crippen LogP contribution in [0.3, 0.4) is 0 Å². The van der Waals surface area contributed by atoms with Crippen LogP contribution in [0.4, 0.5) is 5.82 Å². The zero-order valence-corrected chi connectivity index (χ0v) is 9.08. The van der Waals surface area contributed by atoms with E-state index in [1.165, 1.54) is 6.20 Å². The van der Waals surface area contributed by atoms with Crippen LogP contribution >= 0.6 is 11.8 Å². The summed E-state index contributed by atoms with van der Waals surface area (Å²) in [6.07, 6.45) is 5.18. The molecule has 74 valence electrons. The number of anilines is 1. The number of hydrogen-bond acceptors (Lipinski definition) is 5. The van der Waals surface area contributed by atoms with Gasteiger partial charge in [0.25, 0.3) is 0 Å². The van der Waals surface area contributed by atoms with Gasteiger partial charge in [-0.3, -0.25) is 0 Å². The number of hydrogen-bond donors (Lipinski definition) is 0.